The zero-order chi connectivity index (χ0) is 25.1. The first-order valence-electron chi connectivity index (χ1n) is 14.9. The first kappa shape index (κ1) is 30.0. The Morgan fingerprint density at radius 3 is 2.37 bits per heavy atom. The quantitative estimate of drug-likeness (QED) is 0.109. The molecule has 1 saturated heterocycles. The molecule has 0 aromatic heterocycles. The molecule has 1 amide bonds. The van der Waals surface area contributed by atoms with E-state index in [9.17, 15) is 4.79 Å². The topological polar surface area (TPSA) is 41.9 Å². The normalized spacial score (nSPS) is 24.9. The second-order valence-corrected chi connectivity index (χ2v) is 11.0. The minimum absolute atomic E-state index is 0.174. The SMILES string of the molecule is CCC(CCCCCC[C@@H](CC)N1CC(CN=C=S)OC1=O)C1/C=C\CCCCCCCCCC1. The van der Waals surface area contributed by atoms with Crippen molar-refractivity contribution in [3.8, 4) is 0 Å². The fourth-order valence-corrected chi connectivity index (χ4v) is 6.05. The average molecular weight is 505 g/mol. The Morgan fingerprint density at radius 1 is 1.00 bits per heavy atom. The minimum atomic E-state index is -0.187. The van der Waals surface area contributed by atoms with Gasteiger partial charge in [-0.2, -0.15) is 0 Å². The highest BCUT2D eigenvalue weighted by atomic mass is 32.1. The van der Waals surface area contributed by atoms with Crippen molar-refractivity contribution in [3.63, 3.8) is 0 Å². The Bertz CT molecular complexity index is 646. The molecular formula is C30H52N2O2S. The van der Waals surface area contributed by atoms with Crippen molar-refractivity contribution in [1.82, 2.24) is 4.90 Å². The first-order chi connectivity index (χ1) is 17.2. The smallest absolute Gasteiger partial charge is 0.410 e. The summed E-state index contributed by atoms with van der Waals surface area (Å²) in [6.45, 7) is 5.62. The molecule has 3 unspecified atom stereocenters. The molecule has 200 valence electrons. The Kier molecular flexibility index (Phi) is 16.3. The van der Waals surface area contributed by atoms with E-state index < -0.39 is 0 Å². The summed E-state index contributed by atoms with van der Waals surface area (Å²) in [4.78, 5) is 18.1. The molecule has 4 nitrogen and oxygen atoms in total. The van der Waals surface area contributed by atoms with E-state index in [1.807, 2.05) is 4.90 Å². The van der Waals surface area contributed by atoms with Gasteiger partial charge < -0.3 is 9.64 Å². The van der Waals surface area contributed by atoms with Crippen molar-refractivity contribution in [2.24, 2.45) is 16.8 Å². The van der Waals surface area contributed by atoms with Gasteiger partial charge in [-0.1, -0.05) is 103 Å². The zero-order valence-electron chi connectivity index (χ0n) is 22.7. The highest BCUT2D eigenvalue weighted by Crippen LogP contribution is 2.30. The van der Waals surface area contributed by atoms with Crippen LogP contribution >= 0.6 is 12.2 Å². The summed E-state index contributed by atoms with van der Waals surface area (Å²) in [5.41, 5.74) is 0. The number of nitrogens with zero attached hydrogens (tertiary/aromatic N) is 2. The van der Waals surface area contributed by atoms with E-state index in [0.717, 1.165) is 24.7 Å². The van der Waals surface area contributed by atoms with Gasteiger partial charge >= 0.3 is 6.09 Å². The van der Waals surface area contributed by atoms with Crippen LogP contribution in [0.4, 0.5) is 4.79 Å². The second kappa shape index (κ2) is 19.0. The predicted octanol–water partition coefficient (Wildman–Crippen LogP) is 9.14. The average Bonchev–Trinajstić information content (AvgIpc) is 3.24. The van der Waals surface area contributed by atoms with E-state index in [1.165, 1.54) is 103 Å². The van der Waals surface area contributed by atoms with E-state index in [1.54, 1.807) is 0 Å². The van der Waals surface area contributed by atoms with Crippen molar-refractivity contribution < 1.29 is 9.53 Å². The minimum Gasteiger partial charge on any atom is -0.442 e. The highest BCUT2D eigenvalue weighted by molar-refractivity contribution is 7.78. The number of rotatable bonds is 13. The third-order valence-electron chi connectivity index (χ3n) is 8.21. The van der Waals surface area contributed by atoms with E-state index >= 15 is 0 Å². The van der Waals surface area contributed by atoms with Crippen molar-refractivity contribution in [3.05, 3.63) is 12.2 Å². The van der Waals surface area contributed by atoms with Crippen LogP contribution in [0.25, 0.3) is 0 Å². The lowest BCUT2D eigenvalue weighted by Crippen LogP contribution is -2.36. The van der Waals surface area contributed by atoms with E-state index in [2.05, 4.69) is 48.4 Å². The van der Waals surface area contributed by atoms with Gasteiger partial charge in [0.05, 0.1) is 18.3 Å². The summed E-state index contributed by atoms with van der Waals surface area (Å²) in [6.07, 6.45) is 28.5. The predicted molar refractivity (Wildman–Crippen MR) is 151 cm³/mol. The third kappa shape index (κ3) is 12.1. The number of hydrogen-bond acceptors (Lipinski definition) is 4. The molecule has 0 aromatic rings. The van der Waals surface area contributed by atoms with Gasteiger partial charge in [-0.3, -0.25) is 0 Å². The lowest BCUT2D eigenvalue weighted by molar-refractivity contribution is 0.128. The summed E-state index contributed by atoms with van der Waals surface area (Å²) in [5, 5.41) is 2.37. The number of allylic oxidation sites excluding steroid dienone is 2. The molecule has 1 fully saturated rings. The molecular weight excluding hydrogens is 452 g/mol. The van der Waals surface area contributed by atoms with Crippen LogP contribution in [0, 0.1) is 11.8 Å². The third-order valence-corrected chi connectivity index (χ3v) is 8.34. The maximum atomic E-state index is 12.3. The van der Waals surface area contributed by atoms with Crippen LogP contribution in [0.2, 0.25) is 0 Å². The van der Waals surface area contributed by atoms with E-state index in [-0.39, 0.29) is 18.2 Å². The number of carbonyl (C=O) groups excluding carboxylic acids is 1. The number of aliphatic imine (C=N–C) groups is 1. The van der Waals surface area contributed by atoms with E-state index in [4.69, 9.17) is 4.74 Å². The second-order valence-electron chi connectivity index (χ2n) is 10.8. The van der Waals surface area contributed by atoms with Gasteiger partial charge in [-0.15, -0.1) is 0 Å². The molecule has 0 radical (unpaired) electrons. The molecule has 5 heteroatoms. The fraction of sp³-hybridized carbons (Fsp3) is 0.867. The van der Waals surface area contributed by atoms with Gasteiger partial charge in [0.2, 0.25) is 0 Å². The lowest BCUT2D eigenvalue weighted by Gasteiger charge is -2.25. The number of cyclic esters (lactones) is 1. The summed E-state index contributed by atoms with van der Waals surface area (Å²) in [6, 6.07) is 0.276. The number of unbranched alkanes of at least 4 members (excludes halogenated alkanes) is 3. The highest BCUT2D eigenvalue weighted by Gasteiger charge is 2.34. The molecule has 0 N–H and O–H groups in total. The summed E-state index contributed by atoms with van der Waals surface area (Å²) >= 11 is 4.63. The van der Waals surface area contributed by atoms with E-state index in [0.29, 0.717) is 13.1 Å². The molecule has 1 heterocycles. The van der Waals surface area contributed by atoms with Gasteiger partial charge in [0.25, 0.3) is 0 Å². The van der Waals surface area contributed by atoms with Crippen molar-refractivity contribution >= 4 is 23.5 Å². The molecule has 1 aliphatic heterocycles. The largest absolute Gasteiger partial charge is 0.442 e. The van der Waals surface area contributed by atoms with Crippen LogP contribution in [-0.2, 0) is 4.74 Å². The van der Waals surface area contributed by atoms with Crippen LogP contribution in [0.15, 0.2) is 17.1 Å². The molecule has 35 heavy (non-hydrogen) atoms. The van der Waals surface area contributed by atoms with Gasteiger partial charge in [0, 0.05) is 6.04 Å². The molecule has 0 spiro atoms. The van der Waals surface area contributed by atoms with Crippen molar-refractivity contribution in [2.75, 3.05) is 13.1 Å². The Morgan fingerprint density at radius 2 is 1.69 bits per heavy atom. The van der Waals surface area contributed by atoms with Gasteiger partial charge in [-0.05, 0) is 62.6 Å². The lowest BCUT2D eigenvalue weighted by atomic mass is 9.82. The molecule has 2 rings (SSSR count). The fourth-order valence-electron chi connectivity index (χ4n) is 5.98. The van der Waals surface area contributed by atoms with Crippen LogP contribution in [0.3, 0.4) is 0 Å². The number of hydrogen-bond donors (Lipinski definition) is 0. The molecule has 4 atom stereocenters. The maximum Gasteiger partial charge on any atom is 0.410 e. The van der Waals surface area contributed by atoms with Crippen LogP contribution < -0.4 is 0 Å². The van der Waals surface area contributed by atoms with Gasteiger partial charge in [-0.25, -0.2) is 9.79 Å². The summed E-state index contributed by atoms with van der Waals surface area (Å²) in [5.74, 6) is 1.62. The van der Waals surface area contributed by atoms with Crippen LogP contribution in [0.5, 0.6) is 0 Å². The number of ether oxygens (including phenoxy) is 1. The standard InChI is InChI=1S/C30H52N2O2S/c1-3-26(27-20-16-11-9-7-5-6-8-10-12-17-21-27)19-15-13-14-18-22-28(4-2)32-24-29(23-31-25-35)34-30(32)33/h16,20,26-29H,3-15,17-19,21-24H2,1-2H3/b20-16-/t26?,27?,28-,29?/m1/s1. The number of thiocarbonyl (C=S) groups is 1. The molecule has 1 aliphatic carbocycles. The maximum absolute atomic E-state index is 12.3. The Balaban J connectivity index is 1.69. The number of amides is 1. The summed E-state index contributed by atoms with van der Waals surface area (Å²) < 4.78 is 5.45. The molecule has 0 aromatic carbocycles. The van der Waals surface area contributed by atoms with Crippen molar-refractivity contribution in [2.45, 2.75) is 142 Å². The molecule has 0 saturated carbocycles. The van der Waals surface area contributed by atoms with Crippen LogP contribution in [0.1, 0.15) is 129 Å². The monoisotopic (exact) mass is 504 g/mol. The van der Waals surface area contributed by atoms with Crippen molar-refractivity contribution in [1.29, 1.82) is 0 Å². The number of carbonyl (C=O) groups is 1. The van der Waals surface area contributed by atoms with Gasteiger partial charge in [0.1, 0.15) is 6.10 Å². The molecule has 2 aliphatic rings. The number of isothiocyanates is 1. The first-order valence-corrected chi connectivity index (χ1v) is 15.3. The molecule has 0 bridgehead atoms. The Labute approximate surface area is 221 Å². The summed E-state index contributed by atoms with van der Waals surface area (Å²) in [7, 11) is 0. The zero-order valence-corrected chi connectivity index (χ0v) is 23.5. The van der Waals surface area contributed by atoms with Gasteiger partial charge in [0.15, 0.2) is 0 Å². The Hall–Kier alpha value is -1.19. The van der Waals surface area contributed by atoms with Crippen LogP contribution in [-0.4, -0.2) is 41.4 Å².